The van der Waals surface area contributed by atoms with Crippen molar-refractivity contribution in [3.8, 4) is 5.75 Å². The summed E-state index contributed by atoms with van der Waals surface area (Å²) < 4.78 is 68.5. The van der Waals surface area contributed by atoms with Gasteiger partial charge in [-0.25, -0.2) is 0 Å². The Morgan fingerprint density at radius 1 is 1.32 bits per heavy atom. The first kappa shape index (κ1) is 16.6. The van der Waals surface area contributed by atoms with Gasteiger partial charge in [-0.15, -0.1) is 0 Å². The summed E-state index contributed by atoms with van der Waals surface area (Å²) in [4.78, 5) is 11.0. The molecule has 1 atom stereocenters. The quantitative estimate of drug-likeness (QED) is 0.481. The van der Waals surface area contributed by atoms with Crippen molar-refractivity contribution in [3.05, 3.63) is 28.8 Å². The van der Waals surface area contributed by atoms with E-state index in [-0.39, 0.29) is 5.75 Å². The minimum absolute atomic E-state index is 0.292. The first-order valence-corrected chi connectivity index (χ1v) is 7.74. The minimum Gasteiger partial charge on any atom is -0.458 e. The molecule has 0 spiro atoms. The summed E-state index contributed by atoms with van der Waals surface area (Å²) in [7, 11) is -5.71. The molecular weight excluding hydrogens is 325 g/mol. The Kier molecular flexibility index (Phi) is 4.12. The summed E-state index contributed by atoms with van der Waals surface area (Å²) in [5.74, 6) is -0.838. The molecule has 1 aromatic rings. The van der Waals surface area contributed by atoms with Crippen LogP contribution in [0.2, 0.25) is 0 Å². The first-order chi connectivity index (χ1) is 10.0. The second-order valence-corrected chi connectivity index (χ2v) is 6.41. The predicted octanol–water partition coefficient (Wildman–Crippen LogP) is 2.77. The Morgan fingerprint density at radius 2 is 1.95 bits per heavy atom. The van der Waals surface area contributed by atoms with Crippen molar-refractivity contribution >= 4 is 16.1 Å². The average Bonchev–Trinajstić information content (AvgIpc) is 2.74. The van der Waals surface area contributed by atoms with Crippen LogP contribution in [0.4, 0.5) is 13.2 Å². The zero-order valence-electron chi connectivity index (χ0n) is 11.7. The van der Waals surface area contributed by atoms with Crippen molar-refractivity contribution in [2.24, 2.45) is 0 Å². The van der Waals surface area contributed by atoms with E-state index in [4.69, 9.17) is 4.74 Å². The Hall–Kier alpha value is -1.77. The fourth-order valence-electron chi connectivity index (χ4n) is 2.40. The predicted molar refractivity (Wildman–Crippen MR) is 69.6 cm³/mol. The molecule has 0 heterocycles. The fraction of sp³-hybridized carbons (Fsp3) is 0.462. The molecule has 22 heavy (non-hydrogen) atoms. The van der Waals surface area contributed by atoms with Gasteiger partial charge in [0.1, 0.15) is 11.9 Å². The van der Waals surface area contributed by atoms with Gasteiger partial charge in [-0.2, -0.15) is 21.6 Å². The van der Waals surface area contributed by atoms with Gasteiger partial charge in [0.05, 0.1) is 0 Å². The first-order valence-electron chi connectivity index (χ1n) is 6.33. The Labute approximate surface area is 125 Å². The van der Waals surface area contributed by atoms with Crippen molar-refractivity contribution in [3.63, 3.8) is 0 Å². The molecule has 0 aliphatic heterocycles. The van der Waals surface area contributed by atoms with E-state index >= 15 is 0 Å². The third-order valence-corrected chi connectivity index (χ3v) is 4.35. The van der Waals surface area contributed by atoms with E-state index in [0.717, 1.165) is 6.07 Å². The van der Waals surface area contributed by atoms with Crippen LogP contribution >= 0.6 is 0 Å². The number of alkyl halides is 3. The topological polar surface area (TPSA) is 69.7 Å². The van der Waals surface area contributed by atoms with Crippen molar-refractivity contribution in [2.75, 3.05) is 0 Å². The Balaban J connectivity index is 2.34. The second kappa shape index (κ2) is 5.45. The highest BCUT2D eigenvalue weighted by atomic mass is 32.2. The van der Waals surface area contributed by atoms with E-state index in [1.54, 1.807) is 0 Å². The van der Waals surface area contributed by atoms with Gasteiger partial charge in [0.15, 0.2) is 0 Å². The van der Waals surface area contributed by atoms with Gasteiger partial charge < -0.3 is 8.92 Å². The minimum atomic E-state index is -5.71. The van der Waals surface area contributed by atoms with E-state index < -0.39 is 27.7 Å². The molecule has 122 valence electrons. The number of carbonyl (C=O) groups is 1. The molecule has 1 unspecified atom stereocenters. The van der Waals surface area contributed by atoms with Crippen molar-refractivity contribution < 1.29 is 35.3 Å². The summed E-state index contributed by atoms with van der Waals surface area (Å²) in [5, 5.41) is 0. The van der Waals surface area contributed by atoms with E-state index in [1.165, 1.54) is 19.9 Å². The summed E-state index contributed by atoms with van der Waals surface area (Å²) in [6, 6.07) is 2.56. The van der Waals surface area contributed by atoms with E-state index in [2.05, 4.69) is 4.18 Å². The molecule has 0 saturated heterocycles. The fourth-order valence-corrected chi connectivity index (χ4v) is 2.91. The molecule has 0 N–H and O–H groups in total. The maximum absolute atomic E-state index is 12.4. The molecule has 0 amide bonds. The summed E-state index contributed by atoms with van der Waals surface area (Å²) in [5.41, 5.74) is -3.90. The van der Waals surface area contributed by atoms with Gasteiger partial charge in [-0.1, -0.05) is 6.07 Å². The maximum atomic E-state index is 12.4. The van der Waals surface area contributed by atoms with Crippen LogP contribution in [0.15, 0.2) is 12.1 Å². The van der Waals surface area contributed by atoms with Crippen LogP contribution in [-0.4, -0.2) is 19.9 Å². The normalized spacial score (nSPS) is 18.0. The lowest BCUT2D eigenvalue weighted by atomic mass is 10.0. The lowest BCUT2D eigenvalue weighted by Gasteiger charge is -2.15. The van der Waals surface area contributed by atoms with Crippen LogP contribution in [0.3, 0.4) is 0 Å². The smallest absolute Gasteiger partial charge is 0.458 e. The number of rotatable bonds is 3. The second-order valence-electron chi connectivity index (χ2n) is 4.88. The van der Waals surface area contributed by atoms with Crippen molar-refractivity contribution in [1.29, 1.82) is 0 Å². The summed E-state index contributed by atoms with van der Waals surface area (Å²) >= 11 is 0. The van der Waals surface area contributed by atoms with Crippen LogP contribution < -0.4 is 4.18 Å². The number of benzene rings is 1. The van der Waals surface area contributed by atoms with Gasteiger partial charge >= 0.3 is 21.6 Å². The van der Waals surface area contributed by atoms with E-state index in [9.17, 15) is 26.4 Å². The number of ether oxygens (including phenoxy) is 1. The van der Waals surface area contributed by atoms with E-state index in [0.29, 0.717) is 29.5 Å². The maximum Gasteiger partial charge on any atom is 0.534 e. The van der Waals surface area contributed by atoms with Crippen LogP contribution in [0, 0.1) is 6.92 Å². The number of esters is 1. The number of hydrogen-bond donors (Lipinski definition) is 0. The highest BCUT2D eigenvalue weighted by Gasteiger charge is 2.48. The molecule has 5 nitrogen and oxygen atoms in total. The van der Waals surface area contributed by atoms with E-state index in [1.807, 2.05) is 0 Å². The largest absolute Gasteiger partial charge is 0.534 e. The molecule has 9 heteroatoms. The SMILES string of the molecule is CC(=O)OC1CCc2c1ccc(OS(=O)(=O)C(F)(F)F)c2C. The molecule has 0 aromatic heterocycles. The highest BCUT2D eigenvalue weighted by Crippen LogP contribution is 2.40. The van der Waals surface area contributed by atoms with Gasteiger partial charge in [-0.05, 0) is 42.5 Å². The lowest BCUT2D eigenvalue weighted by molar-refractivity contribution is -0.146. The standard InChI is InChI=1S/C13H13F3O5S/c1-7-9-3-6-12(20-8(2)17)10(9)4-5-11(7)21-22(18,19)13(14,15)16/h4-5,12H,3,6H2,1-2H3. The van der Waals surface area contributed by atoms with Crippen molar-refractivity contribution in [2.45, 2.75) is 38.3 Å². The zero-order valence-corrected chi connectivity index (χ0v) is 12.5. The van der Waals surface area contributed by atoms with Crippen LogP contribution in [0.5, 0.6) is 5.75 Å². The molecule has 0 fully saturated rings. The summed E-state index contributed by atoms with van der Waals surface area (Å²) in [6.07, 6.45) is 0.479. The van der Waals surface area contributed by atoms with Crippen LogP contribution in [0.25, 0.3) is 0 Å². The van der Waals surface area contributed by atoms with Gasteiger partial charge in [0.25, 0.3) is 0 Å². The Bertz CT molecular complexity index is 709. The van der Waals surface area contributed by atoms with Gasteiger partial charge in [0, 0.05) is 6.92 Å². The average molecular weight is 338 g/mol. The lowest BCUT2D eigenvalue weighted by Crippen LogP contribution is -2.28. The monoisotopic (exact) mass is 338 g/mol. The third-order valence-electron chi connectivity index (χ3n) is 3.38. The molecule has 1 aliphatic rings. The number of carbonyl (C=O) groups excluding carboxylic acids is 1. The van der Waals surface area contributed by atoms with Crippen LogP contribution in [0.1, 0.15) is 36.1 Å². The Morgan fingerprint density at radius 3 is 2.50 bits per heavy atom. The zero-order chi connectivity index (χ0) is 16.7. The van der Waals surface area contributed by atoms with Crippen LogP contribution in [-0.2, 0) is 26.1 Å². The number of fused-ring (bicyclic) bond motifs is 1. The van der Waals surface area contributed by atoms with Gasteiger partial charge in [0.2, 0.25) is 0 Å². The molecule has 1 aromatic carbocycles. The molecule has 1 aliphatic carbocycles. The summed E-state index contributed by atoms with van der Waals surface area (Å²) in [6.45, 7) is 2.73. The third kappa shape index (κ3) is 3.03. The molecule has 0 radical (unpaired) electrons. The molecule has 0 saturated carbocycles. The number of hydrogen-bond acceptors (Lipinski definition) is 5. The number of halogens is 3. The molecule has 0 bridgehead atoms. The molecule has 2 rings (SSSR count). The molecular formula is C13H13F3O5S. The highest BCUT2D eigenvalue weighted by molar-refractivity contribution is 7.88. The van der Waals surface area contributed by atoms with Gasteiger partial charge in [-0.3, -0.25) is 4.79 Å². The van der Waals surface area contributed by atoms with Crippen molar-refractivity contribution in [1.82, 2.24) is 0 Å².